The number of carbonyl (C=O) groups excluding carboxylic acids is 2. The van der Waals surface area contributed by atoms with Gasteiger partial charge in [-0.2, -0.15) is 8.42 Å². The summed E-state index contributed by atoms with van der Waals surface area (Å²) in [6.07, 6.45) is 8.10. The number of nitrogens with zero attached hydrogens (tertiary/aromatic N) is 1. The molecule has 57 heavy (non-hydrogen) atoms. The second-order valence-electron chi connectivity index (χ2n) is 15.9. The highest BCUT2D eigenvalue weighted by Gasteiger charge is 2.47. The van der Waals surface area contributed by atoms with Crippen molar-refractivity contribution in [1.29, 1.82) is 0 Å². The lowest BCUT2D eigenvalue weighted by Crippen LogP contribution is -2.33. The van der Waals surface area contributed by atoms with Gasteiger partial charge in [0.15, 0.2) is 0 Å². The lowest BCUT2D eigenvalue weighted by molar-refractivity contribution is -0.150. The van der Waals surface area contributed by atoms with E-state index in [0.717, 1.165) is 99.7 Å². The first-order valence-corrected chi connectivity index (χ1v) is 22.8. The molecule has 3 aromatic carbocycles. The molecular weight excluding hydrogens is 783 g/mol. The highest BCUT2D eigenvalue weighted by atomic mass is 35.5. The Morgan fingerprint density at radius 3 is 1.86 bits per heavy atom. The summed E-state index contributed by atoms with van der Waals surface area (Å²) in [4.78, 5) is 26.8. The molecule has 0 aromatic heterocycles. The number of hydrogen-bond acceptors (Lipinski definition) is 9. The van der Waals surface area contributed by atoms with Crippen molar-refractivity contribution in [3.05, 3.63) is 98.5 Å². The minimum atomic E-state index is -3.76. The van der Waals surface area contributed by atoms with Crippen molar-refractivity contribution < 1.29 is 31.7 Å². The third kappa shape index (κ3) is 11.6. The van der Waals surface area contributed by atoms with Gasteiger partial charge in [-0.15, -0.1) is 0 Å². The molecular formula is C45H60Cl2N2O7S. The molecule has 0 spiro atoms. The second kappa shape index (κ2) is 20.3. The molecule has 0 bridgehead atoms. The summed E-state index contributed by atoms with van der Waals surface area (Å²) in [5.41, 5.74) is 5.87. The van der Waals surface area contributed by atoms with Crippen LogP contribution in [0.1, 0.15) is 107 Å². The average Bonchev–Trinajstić information content (AvgIpc) is 3.72. The zero-order chi connectivity index (χ0) is 41.2. The molecule has 4 heterocycles. The van der Waals surface area contributed by atoms with E-state index in [2.05, 4.69) is 42.3 Å². The van der Waals surface area contributed by atoms with E-state index in [1.807, 2.05) is 39.0 Å². The molecule has 9 nitrogen and oxygen atoms in total. The molecule has 0 aliphatic carbocycles. The van der Waals surface area contributed by atoms with Crippen molar-refractivity contribution in [3.63, 3.8) is 0 Å². The highest BCUT2D eigenvalue weighted by molar-refractivity contribution is 7.86. The number of carbonyl (C=O) groups is 2. The molecule has 2 saturated heterocycles. The molecule has 2 atom stereocenters. The van der Waals surface area contributed by atoms with Crippen molar-refractivity contribution in [2.45, 2.75) is 129 Å². The summed E-state index contributed by atoms with van der Waals surface area (Å²) in [6.45, 7) is 15.1. The number of fused-ring (bicyclic) bond motifs is 2. The summed E-state index contributed by atoms with van der Waals surface area (Å²) in [5.74, 6) is -0.155. The Morgan fingerprint density at radius 2 is 1.30 bits per heavy atom. The van der Waals surface area contributed by atoms with Crippen LogP contribution in [0.25, 0.3) is 0 Å². The van der Waals surface area contributed by atoms with Crippen LogP contribution in [0.2, 0.25) is 10.0 Å². The zero-order valence-corrected chi connectivity index (χ0v) is 36.5. The third-order valence-electron chi connectivity index (χ3n) is 12.4. The number of nitrogens with one attached hydrogen (secondary N) is 1. The van der Waals surface area contributed by atoms with Gasteiger partial charge in [0.05, 0.1) is 22.3 Å². The summed E-state index contributed by atoms with van der Waals surface area (Å²) < 4.78 is 40.3. The Hall–Kier alpha value is -2.99. The normalized spacial score (nSPS) is 20.9. The maximum atomic E-state index is 12.2. The predicted octanol–water partition coefficient (Wildman–Crippen LogP) is 9.41. The quantitative estimate of drug-likeness (QED) is 0.141. The van der Waals surface area contributed by atoms with Gasteiger partial charge in [-0.25, -0.2) is 0 Å². The fourth-order valence-electron chi connectivity index (χ4n) is 8.26. The van der Waals surface area contributed by atoms with Crippen LogP contribution in [0, 0.1) is 17.8 Å². The maximum absolute atomic E-state index is 12.2. The van der Waals surface area contributed by atoms with Crippen molar-refractivity contribution in [1.82, 2.24) is 10.2 Å². The Labute approximate surface area is 350 Å². The van der Waals surface area contributed by atoms with E-state index in [-0.39, 0.29) is 41.1 Å². The summed E-state index contributed by atoms with van der Waals surface area (Å²) >= 11 is 12.0. The van der Waals surface area contributed by atoms with Gasteiger partial charge in [0.1, 0.15) is 12.2 Å². The molecule has 0 amide bonds. The minimum Gasteiger partial charge on any atom is -0.462 e. The van der Waals surface area contributed by atoms with Crippen LogP contribution in [0.5, 0.6) is 0 Å². The zero-order valence-electron chi connectivity index (χ0n) is 34.2. The van der Waals surface area contributed by atoms with E-state index in [9.17, 15) is 18.0 Å². The van der Waals surface area contributed by atoms with Crippen molar-refractivity contribution in [2.24, 2.45) is 10.8 Å². The lowest BCUT2D eigenvalue weighted by Gasteiger charge is -2.29. The number of rotatable bonds is 12. The maximum Gasteiger partial charge on any atom is 0.312 e. The van der Waals surface area contributed by atoms with Crippen LogP contribution in [0.3, 0.4) is 0 Å². The van der Waals surface area contributed by atoms with Gasteiger partial charge >= 0.3 is 11.9 Å². The van der Waals surface area contributed by atoms with Gasteiger partial charge in [0, 0.05) is 55.5 Å². The molecule has 0 radical (unpaired) electrons. The van der Waals surface area contributed by atoms with Gasteiger partial charge < -0.3 is 14.8 Å². The molecule has 3 aromatic rings. The Balaban J connectivity index is 0.000000173. The van der Waals surface area contributed by atoms with Crippen molar-refractivity contribution in [2.75, 3.05) is 26.2 Å². The molecule has 0 saturated carbocycles. The number of benzene rings is 3. The first-order chi connectivity index (χ1) is 27.2. The van der Waals surface area contributed by atoms with Crippen molar-refractivity contribution >= 4 is 45.3 Å². The number of esters is 2. The monoisotopic (exact) mass is 842 g/mol. The second-order valence-corrected chi connectivity index (χ2v) is 18.4. The third-order valence-corrected chi connectivity index (χ3v) is 14.2. The fourth-order valence-corrected chi connectivity index (χ4v) is 9.57. The van der Waals surface area contributed by atoms with Crippen LogP contribution < -0.4 is 5.32 Å². The number of aryl methyl sites for hydroxylation is 1. The Morgan fingerprint density at radius 1 is 0.754 bits per heavy atom. The number of cyclic esters (lactones) is 2. The van der Waals surface area contributed by atoms with Gasteiger partial charge in [-0.05, 0) is 117 Å². The largest absolute Gasteiger partial charge is 0.462 e. The van der Waals surface area contributed by atoms with E-state index >= 15 is 0 Å². The van der Waals surface area contributed by atoms with Crippen LogP contribution in [0.15, 0.2) is 65.6 Å². The topological polar surface area (TPSA) is 111 Å². The number of ether oxygens (including phenoxy) is 2. The number of halogens is 2. The summed E-state index contributed by atoms with van der Waals surface area (Å²) in [5, 5.41) is 4.96. The predicted molar refractivity (Wildman–Crippen MR) is 226 cm³/mol. The molecule has 7 rings (SSSR count). The smallest absolute Gasteiger partial charge is 0.312 e. The molecule has 312 valence electrons. The SMILES string of the molecule is CCC1(CC)CC(CCN2CCc3ccc(Cl)cc3C2)OC1=O.CCC1(CC)CC(CCOS(=O)(=O)c2ccc(C)cc2)OC1=O.Clc1ccc2c(c1)CNCC2. The van der Waals surface area contributed by atoms with E-state index < -0.39 is 15.5 Å². The lowest BCUT2D eigenvalue weighted by atomic mass is 9.79. The van der Waals surface area contributed by atoms with Gasteiger partial charge in [0.2, 0.25) is 0 Å². The van der Waals surface area contributed by atoms with E-state index in [0.29, 0.717) is 12.8 Å². The molecule has 1 N–H and O–H groups in total. The summed E-state index contributed by atoms with van der Waals surface area (Å²) in [7, 11) is -3.76. The van der Waals surface area contributed by atoms with Crippen LogP contribution in [-0.2, 0) is 59.3 Å². The van der Waals surface area contributed by atoms with Crippen LogP contribution in [0.4, 0.5) is 0 Å². The Bertz CT molecular complexity index is 1930. The standard InChI is InChI=1S/C19H26ClNO2.C17H24O5S.C9H10ClN/c1-3-19(4-2)12-17(23-18(19)22)8-10-21-9-7-14-5-6-16(20)11-15(14)13-21;1-4-17(5-2)12-14(22-16(17)18)10-11-21-23(19,20)15-8-6-13(3)7-9-15;10-9-2-1-7-3-4-11-6-8(7)5-9/h5-6,11,17H,3-4,7-10,12-13H2,1-2H3;6-9,14H,4-5,10-12H2,1-3H3;1-2,5,11H,3-4,6H2. The van der Waals surface area contributed by atoms with Gasteiger partial charge in [-0.3, -0.25) is 18.7 Å². The Kier molecular flexibility index (Phi) is 16.1. The highest BCUT2D eigenvalue weighted by Crippen LogP contribution is 2.42. The van der Waals surface area contributed by atoms with Gasteiger partial charge in [-0.1, -0.05) is 80.7 Å². The molecule has 4 aliphatic heterocycles. The van der Waals surface area contributed by atoms with E-state index in [1.54, 1.807) is 12.1 Å². The molecule has 2 fully saturated rings. The number of hydrogen-bond donors (Lipinski definition) is 1. The average molecular weight is 844 g/mol. The molecule has 2 unspecified atom stereocenters. The van der Waals surface area contributed by atoms with Crippen molar-refractivity contribution in [3.8, 4) is 0 Å². The fraction of sp³-hybridized carbons (Fsp3) is 0.556. The molecule has 12 heteroatoms. The first kappa shape index (κ1) is 45.1. The van der Waals surface area contributed by atoms with Crippen LogP contribution >= 0.6 is 23.2 Å². The summed E-state index contributed by atoms with van der Waals surface area (Å²) in [6, 6.07) is 18.8. The van der Waals surface area contributed by atoms with E-state index in [4.69, 9.17) is 36.9 Å². The first-order valence-electron chi connectivity index (χ1n) is 20.6. The molecule has 4 aliphatic rings. The minimum absolute atomic E-state index is 0.0116. The van der Waals surface area contributed by atoms with Crippen LogP contribution in [-0.4, -0.2) is 63.7 Å². The van der Waals surface area contributed by atoms with Gasteiger partial charge in [0.25, 0.3) is 10.1 Å². The van der Waals surface area contributed by atoms with E-state index in [1.165, 1.54) is 34.4 Å².